The first-order chi connectivity index (χ1) is 10.2. The van der Waals surface area contributed by atoms with E-state index in [2.05, 4.69) is 16.8 Å². The zero-order valence-corrected chi connectivity index (χ0v) is 14.0. The van der Waals surface area contributed by atoms with Crippen molar-refractivity contribution in [2.24, 2.45) is 0 Å². The Hall–Kier alpha value is -0.540. The van der Waals surface area contributed by atoms with Crippen LogP contribution < -0.4 is 5.30 Å². The Kier molecular flexibility index (Phi) is 4.90. The summed E-state index contributed by atoms with van der Waals surface area (Å²) in [4.78, 5) is 12.6. The lowest BCUT2D eigenvalue weighted by Crippen LogP contribution is -2.42. The van der Waals surface area contributed by atoms with E-state index in [1.807, 2.05) is 18.2 Å². The van der Waals surface area contributed by atoms with Gasteiger partial charge in [0.05, 0.1) is 25.1 Å². The zero-order valence-electron chi connectivity index (χ0n) is 12.2. The lowest BCUT2D eigenvalue weighted by atomic mass is 9.99. The van der Waals surface area contributed by atoms with Gasteiger partial charge in [-0.05, 0) is 18.1 Å². The van der Waals surface area contributed by atoms with Crippen molar-refractivity contribution in [1.29, 1.82) is 0 Å². The number of Topliss-reactive ketones (excluding diaryl/α,β-unsaturated/α-hetero) is 1. The van der Waals surface area contributed by atoms with Crippen molar-refractivity contribution < 1.29 is 9.53 Å². The van der Waals surface area contributed by atoms with Crippen LogP contribution in [-0.2, 0) is 21.3 Å². The Labute approximate surface area is 131 Å². The van der Waals surface area contributed by atoms with Crippen molar-refractivity contribution in [1.82, 2.24) is 4.67 Å². The molecule has 1 aliphatic carbocycles. The molecule has 0 aromatic heterocycles. The van der Waals surface area contributed by atoms with Crippen LogP contribution in [0.2, 0.25) is 0 Å². The maximum Gasteiger partial charge on any atom is 0.142 e. The summed E-state index contributed by atoms with van der Waals surface area (Å²) in [5.74, 6) is 0.389. The van der Waals surface area contributed by atoms with E-state index in [4.69, 9.17) is 16.5 Å². The van der Waals surface area contributed by atoms with Crippen molar-refractivity contribution in [3.05, 3.63) is 30.3 Å². The second-order valence-electron chi connectivity index (χ2n) is 5.75. The van der Waals surface area contributed by atoms with Gasteiger partial charge in [0.25, 0.3) is 0 Å². The van der Waals surface area contributed by atoms with Crippen molar-refractivity contribution in [2.75, 3.05) is 26.3 Å². The smallest absolute Gasteiger partial charge is 0.142 e. The van der Waals surface area contributed by atoms with Gasteiger partial charge >= 0.3 is 0 Å². The second-order valence-corrected chi connectivity index (χ2v) is 10.4. The van der Waals surface area contributed by atoms with E-state index in [0.717, 1.165) is 45.6 Å². The molecule has 0 N–H and O–H groups in total. The summed E-state index contributed by atoms with van der Waals surface area (Å²) < 4.78 is 7.89. The second kappa shape index (κ2) is 6.70. The number of carbonyl (C=O) groups excluding carboxylic acids is 1. The Bertz CT molecular complexity index is 542. The summed E-state index contributed by atoms with van der Waals surface area (Å²) in [5.41, 5.74) is 0.0433. The molecule has 1 saturated carbocycles. The Balaban J connectivity index is 2.01. The van der Waals surface area contributed by atoms with Crippen LogP contribution in [0.25, 0.3) is 0 Å². The molecule has 0 unspecified atom stereocenters. The number of ketones is 1. The minimum Gasteiger partial charge on any atom is -0.379 e. The third-order valence-corrected chi connectivity index (χ3v) is 10.2. The van der Waals surface area contributed by atoms with Gasteiger partial charge in [0.1, 0.15) is 5.78 Å². The molecule has 1 aliphatic heterocycles. The van der Waals surface area contributed by atoms with Gasteiger partial charge in [-0.3, -0.25) is 9.46 Å². The van der Waals surface area contributed by atoms with Crippen LogP contribution in [0, 0.1) is 0 Å². The lowest BCUT2D eigenvalue weighted by Gasteiger charge is -2.43. The van der Waals surface area contributed by atoms with Crippen molar-refractivity contribution in [2.45, 2.75) is 31.3 Å². The fourth-order valence-corrected chi connectivity index (χ4v) is 8.38. The van der Waals surface area contributed by atoms with E-state index in [-0.39, 0.29) is 5.66 Å². The monoisotopic (exact) mass is 323 g/mol. The topological polar surface area (TPSA) is 29.5 Å². The third kappa shape index (κ3) is 3.00. The molecule has 2 atom stereocenters. The van der Waals surface area contributed by atoms with Crippen molar-refractivity contribution in [3.8, 4) is 0 Å². The maximum absolute atomic E-state index is 12.6. The Morgan fingerprint density at radius 2 is 1.86 bits per heavy atom. The largest absolute Gasteiger partial charge is 0.379 e. The summed E-state index contributed by atoms with van der Waals surface area (Å²) in [7, 11) is 0. The molecule has 2 aliphatic rings. The fraction of sp³-hybridized carbons (Fsp3) is 0.562. The molecule has 0 amide bonds. The minimum absolute atomic E-state index is 0.0433. The van der Waals surface area contributed by atoms with E-state index in [9.17, 15) is 4.79 Å². The predicted molar refractivity (Wildman–Crippen MR) is 90.0 cm³/mol. The molecule has 1 heterocycles. The van der Waals surface area contributed by atoms with Gasteiger partial charge in [0.2, 0.25) is 0 Å². The molecule has 2 fully saturated rings. The first-order valence-corrected chi connectivity index (χ1v) is 10.6. The fourth-order valence-electron chi connectivity index (χ4n) is 3.37. The van der Waals surface area contributed by atoms with Crippen molar-refractivity contribution in [3.63, 3.8) is 0 Å². The molecule has 5 heteroatoms. The Morgan fingerprint density at radius 1 is 1.14 bits per heavy atom. The summed E-state index contributed by atoms with van der Waals surface area (Å²) in [6, 6.07) is 10.4. The van der Waals surface area contributed by atoms with Crippen molar-refractivity contribution >= 4 is 29.1 Å². The van der Waals surface area contributed by atoms with Crippen LogP contribution >= 0.6 is 6.19 Å². The van der Waals surface area contributed by atoms with Gasteiger partial charge in [-0.2, -0.15) is 0 Å². The molecule has 21 heavy (non-hydrogen) atoms. The number of carbonyl (C=O) groups is 1. The van der Waals surface area contributed by atoms with Gasteiger partial charge in [-0.15, -0.1) is 0 Å². The van der Waals surface area contributed by atoms with Crippen LogP contribution in [0.15, 0.2) is 30.3 Å². The van der Waals surface area contributed by atoms with Crippen LogP contribution in [0.3, 0.4) is 0 Å². The molecule has 114 valence electrons. The minimum atomic E-state index is -2.04. The molecule has 0 bridgehead atoms. The number of hydrogen-bond donors (Lipinski definition) is 0. The number of ether oxygens (including phenoxy) is 1. The molecule has 3 nitrogen and oxygen atoms in total. The standard InChI is InChI=1S/C16H22NO2PS/c18-15-8-4-5-9-16(15)20(21,14-6-2-1-3-7-14)17-10-12-19-13-11-17/h1-3,6-7,16H,4-5,8-13H2/t16-,20+/m1/s1. The number of benzene rings is 1. The third-order valence-electron chi connectivity index (χ3n) is 4.48. The molecule has 0 radical (unpaired) electrons. The van der Waals surface area contributed by atoms with E-state index in [0.29, 0.717) is 12.2 Å². The highest BCUT2D eigenvalue weighted by atomic mass is 32.4. The number of hydrogen-bond acceptors (Lipinski definition) is 3. The van der Waals surface area contributed by atoms with Gasteiger partial charge in [0, 0.05) is 19.5 Å². The summed E-state index contributed by atoms with van der Waals surface area (Å²) in [6.07, 6.45) is 1.79. The predicted octanol–water partition coefficient (Wildman–Crippen LogP) is 2.55. The molecular weight excluding hydrogens is 301 g/mol. The first-order valence-electron chi connectivity index (χ1n) is 7.74. The van der Waals surface area contributed by atoms with E-state index < -0.39 is 6.19 Å². The Morgan fingerprint density at radius 3 is 2.52 bits per heavy atom. The maximum atomic E-state index is 12.6. The molecule has 1 saturated heterocycles. The van der Waals surface area contributed by atoms with Crippen LogP contribution in [-0.4, -0.2) is 42.4 Å². The molecular formula is C16H22NO2PS. The molecule has 3 rings (SSSR count). The highest BCUT2D eigenvalue weighted by molar-refractivity contribution is 8.17. The number of nitrogens with zero attached hydrogens (tertiary/aromatic N) is 1. The normalized spacial score (nSPS) is 27.2. The quantitative estimate of drug-likeness (QED) is 0.800. The highest BCUT2D eigenvalue weighted by Crippen LogP contribution is 2.56. The van der Waals surface area contributed by atoms with Gasteiger partial charge < -0.3 is 4.74 Å². The van der Waals surface area contributed by atoms with Crippen LogP contribution in [0.5, 0.6) is 0 Å². The number of rotatable bonds is 3. The lowest BCUT2D eigenvalue weighted by molar-refractivity contribution is -0.119. The van der Waals surface area contributed by atoms with Crippen LogP contribution in [0.4, 0.5) is 0 Å². The van der Waals surface area contributed by atoms with E-state index in [1.54, 1.807) is 0 Å². The summed E-state index contributed by atoms with van der Waals surface area (Å²) in [6.45, 7) is 3.17. The van der Waals surface area contributed by atoms with Crippen LogP contribution in [0.1, 0.15) is 25.7 Å². The van der Waals surface area contributed by atoms with Gasteiger partial charge in [-0.25, -0.2) is 0 Å². The summed E-state index contributed by atoms with van der Waals surface area (Å²) in [5, 5.41) is 1.20. The van der Waals surface area contributed by atoms with E-state index in [1.165, 1.54) is 5.30 Å². The molecule has 1 aromatic carbocycles. The SMILES string of the molecule is O=C1CCCC[C@H]1[P@@](=S)(c1ccccc1)N1CCOCC1. The van der Waals surface area contributed by atoms with Gasteiger partial charge in [0.15, 0.2) is 0 Å². The van der Waals surface area contributed by atoms with E-state index >= 15 is 0 Å². The summed E-state index contributed by atoms with van der Waals surface area (Å²) >= 11 is 6.25. The number of morpholine rings is 1. The van der Waals surface area contributed by atoms with Gasteiger partial charge in [-0.1, -0.05) is 48.6 Å². The zero-order chi connectivity index (χ0) is 14.7. The molecule has 1 aromatic rings. The average molecular weight is 323 g/mol. The molecule has 0 spiro atoms. The highest BCUT2D eigenvalue weighted by Gasteiger charge is 2.41. The first kappa shape index (κ1) is 15.4. The average Bonchev–Trinajstić information content (AvgIpc) is 2.56.